The summed E-state index contributed by atoms with van der Waals surface area (Å²) in [6, 6.07) is 5.31. The van der Waals surface area contributed by atoms with E-state index < -0.39 is 0 Å². The van der Waals surface area contributed by atoms with Crippen molar-refractivity contribution in [2.45, 2.75) is 46.2 Å². The fourth-order valence-electron chi connectivity index (χ4n) is 2.83. The minimum Gasteiger partial charge on any atom is -0.410 e. The maximum absolute atomic E-state index is 12.6. The van der Waals surface area contributed by atoms with E-state index in [1.54, 1.807) is 27.9 Å². The van der Waals surface area contributed by atoms with E-state index in [1.165, 1.54) is 0 Å². The van der Waals surface area contributed by atoms with Crippen molar-refractivity contribution in [3.05, 3.63) is 30.6 Å². The lowest BCUT2D eigenvalue weighted by molar-refractivity contribution is 0.0865. The first kappa shape index (κ1) is 17.8. The highest BCUT2D eigenvalue weighted by Gasteiger charge is 2.30. The number of benzene rings is 1. The number of aromatic nitrogens is 2. The van der Waals surface area contributed by atoms with Gasteiger partial charge in [-0.2, -0.15) is 5.10 Å². The van der Waals surface area contributed by atoms with Gasteiger partial charge >= 0.3 is 6.09 Å². The van der Waals surface area contributed by atoms with Gasteiger partial charge in [-0.3, -0.25) is 4.68 Å². The minimum absolute atomic E-state index is 0.0244. The Hall–Kier alpha value is -2.50. The molecule has 0 unspecified atom stereocenters. The lowest BCUT2D eigenvalue weighted by Crippen LogP contribution is -2.50. The predicted octanol–water partition coefficient (Wildman–Crippen LogP) is 3.68. The molecule has 0 radical (unpaired) electrons. The second kappa shape index (κ2) is 6.55. The molecular weight excluding hydrogens is 304 g/mol. The number of rotatable bonds is 3. The molecule has 0 aliphatic rings. The highest BCUT2D eigenvalue weighted by Crippen LogP contribution is 2.28. The van der Waals surface area contributed by atoms with Gasteiger partial charge in [-0.15, -0.1) is 0 Å². The third-order valence-corrected chi connectivity index (χ3v) is 3.61. The van der Waals surface area contributed by atoms with Crippen LogP contribution in [0.15, 0.2) is 30.6 Å². The molecule has 0 atom stereocenters. The molecule has 2 aromatic rings. The van der Waals surface area contributed by atoms with Gasteiger partial charge < -0.3 is 15.4 Å². The molecule has 2 rings (SSSR count). The van der Waals surface area contributed by atoms with E-state index in [9.17, 15) is 4.79 Å². The molecule has 0 saturated heterocycles. The summed E-state index contributed by atoms with van der Waals surface area (Å²) in [5.41, 5.74) is 7.94. The molecular formula is C18H26N4O2. The van der Waals surface area contributed by atoms with E-state index in [-0.39, 0.29) is 17.7 Å². The van der Waals surface area contributed by atoms with Crippen LogP contribution in [0.4, 0.5) is 10.5 Å². The Morgan fingerprint density at radius 2 is 1.92 bits per heavy atom. The average molecular weight is 330 g/mol. The fourth-order valence-corrected chi connectivity index (χ4v) is 2.83. The molecule has 0 spiro atoms. The molecule has 0 aliphatic heterocycles. The smallest absolute Gasteiger partial charge is 0.410 e. The van der Waals surface area contributed by atoms with Crippen molar-refractivity contribution in [2.75, 3.05) is 5.73 Å². The molecule has 6 heteroatoms. The molecule has 2 N–H and O–H groups in total. The Balaban J connectivity index is 2.29. The minimum atomic E-state index is -0.389. The summed E-state index contributed by atoms with van der Waals surface area (Å²) in [6.45, 7) is 9.87. The van der Waals surface area contributed by atoms with Crippen LogP contribution >= 0.6 is 0 Å². The molecule has 0 saturated carbocycles. The van der Waals surface area contributed by atoms with E-state index in [1.807, 2.05) is 53.9 Å². The number of carbonyl (C=O) groups is 1. The summed E-state index contributed by atoms with van der Waals surface area (Å²) in [6.07, 6.45) is 3.24. The topological polar surface area (TPSA) is 73.4 Å². The van der Waals surface area contributed by atoms with Crippen molar-refractivity contribution in [3.63, 3.8) is 0 Å². The van der Waals surface area contributed by atoms with Gasteiger partial charge in [0, 0.05) is 42.1 Å². The molecule has 24 heavy (non-hydrogen) atoms. The van der Waals surface area contributed by atoms with E-state index in [4.69, 9.17) is 10.5 Å². The fraction of sp³-hybridized carbons (Fsp3) is 0.444. The van der Waals surface area contributed by atoms with Crippen LogP contribution in [0.3, 0.4) is 0 Å². The summed E-state index contributed by atoms with van der Waals surface area (Å²) in [4.78, 5) is 14.3. The Morgan fingerprint density at radius 1 is 1.25 bits per heavy atom. The summed E-state index contributed by atoms with van der Waals surface area (Å²) in [5, 5.41) is 4.16. The molecule has 1 heterocycles. The number of hydrogen-bond donors (Lipinski definition) is 1. The Bertz CT molecular complexity index is 729. The zero-order chi connectivity index (χ0) is 18.1. The van der Waals surface area contributed by atoms with Crippen LogP contribution in [0, 0.1) is 0 Å². The molecule has 0 fully saturated rings. The van der Waals surface area contributed by atoms with Gasteiger partial charge in [-0.1, -0.05) is 0 Å². The van der Waals surface area contributed by atoms with Gasteiger partial charge in [0.25, 0.3) is 0 Å². The Labute approximate surface area is 143 Å². The van der Waals surface area contributed by atoms with E-state index >= 15 is 0 Å². The van der Waals surface area contributed by atoms with Crippen LogP contribution in [-0.2, 0) is 7.05 Å². The molecule has 1 aromatic carbocycles. The average Bonchev–Trinajstić information content (AvgIpc) is 2.82. The standard InChI is InChI=1S/C18H26N4O2/c1-12(2)22(18(3,4)5)17(23)24-16-8-13(7-15(19)9-16)14-10-20-21(6)11-14/h7-12H,19H2,1-6H3. The number of carbonyl (C=O) groups excluding carboxylic acids is 1. The maximum Gasteiger partial charge on any atom is 0.415 e. The van der Waals surface area contributed by atoms with E-state index in [2.05, 4.69) is 5.10 Å². The van der Waals surface area contributed by atoms with Crippen LogP contribution in [-0.4, -0.2) is 32.4 Å². The van der Waals surface area contributed by atoms with Gasteiger partial charge in [-0.25, -0.2) is 4.79 Å². The molecule has 0 aliphatic carbocycles. The van der Waals surface area contributed by atoms with Crippen molar-refractivity contribution in [3.8, 4) is 16.9 Å². The lowest BCUT2D eigenvalue weighted by atomic mass is 10.0. The van der Waals surface area contributed by atoms with Gasteiger partial charge in [0.05, 0.1) is 6.20 Å². The monoisotopic (exact) mass is 330 g/mol. The normalized spacial score (nSPS) is 11.6. The van der Waals surface area contributed by atoms with Gasteiger partial charge in [0.15, 0.2) is 0 Å². The van der Waals surface area contributed by atoms with Crippen molar-refractivity contribution < 1.29 is 9.53 Å². The Morgan fingerprint density at radius 3 is 2.42 bits per heavy atom. The van der Waals surface area contributed by atoms with Crippen LogP contribution in [0.1, 0.15) is 34.6 Å². The number of aryl methyl sites for hydroxylation is 1. The highest BCUT2D eigenvalue weighted by atomic mass is 16.6. The molecule has 1 aromatic heterocycles. The van der Waals surface area contributed by atoms with Crippen LogP contribution in [0.25, 0.3) is 11.1 Å². The van der Waals surface area contributed by atoms with Gasteiger partial charge in [0.2, 0.25) is 0 Å². The second-order valence-corrected chi connectivity index (χ2v) is 7.20. The number of ether oxygens (including phenoxy) is 1. The van der Waals surface area contributed by atoms with Crippen molar-refractivity contribution in [1.82, 2.24) is 14.7 Å². The zero-order valence-corrected chi connectivity index (χ0v) is 15.2. The summed E-state index contributed by atoms with van der Waals surface area (Å²) < 4.78 is 7.31. The molecule has 1 amide bonds. The summed E-state index contributed by atoms with van der Waals surface area (Å²) in [7, 11) is 1.85. The van der Waals surface area contributed by atoms with Crippen LogP contribution in [0.2, 0.25) is 0 Å². The third-order valence-electron chi connectivity index (χ3n) is 3.61. The van der Waals surface area contributed by atoms with E-state index in [0.717, 1.165) is 11.1 Å². The van der Waals surface area contributed by atoms with Crippen molar-refractivity contribution in [2.24, 2.45) is 7.05 Å². The summed E-state index contributed by atoms with van der Waals surface area (Å²) >= 11 is 0. The van der Waals surface area contributed by atoms with Gasteiger partial charge in [-0.05, 0) is 52.3 Å². The largest absolute Gasteiger partial charge is 0.415 e. The van der Waals surface area contributed by atoms with Gasteiger partial charge in [0.1, 0.15) is 5.75 Å². The zero-order valence-electron chi connectivity index (χ0n) is 15.2. The van der Waals surface area contributed by atoms with Crippen molar-refractivity contribution in [1.29, 1.82) is 0 Å². The number of anilines is 1. The first-order valence-corrected chi connectivity index (χ1v) is 7.98. The number of nitrogen functional groups attached to an aromatic ring is 1. The SMILES string of the molecule is CC(C)N(C(=O)Oc1cc(N)cc(-c2cnn(C)c2)c1)C(C)(C)C. The lowest BCUT2D eigenvalue weighted by Gasteiger charge is -2.37. The molecule has 0 bridgehead atoms. The summed E-state index contributed by atoms with van der Waals surface area (Å²) in [5.74, 6) is 0.425. The first-order chi connectivity index (χ1) is 11.1. The van der Waals surface area contributed by atoms with Crippen molar-refractivity contribution >= 4 is 11.8 Å². The van der Waals surface area contributed by atoms with Crippen LogP contribution in [0.5, 0.6) is 5.75 Å². The number of hydrogen-bond acceptors (Lipinski definition) is 4. The molecule has 130 valence electrons. The number of nitrogens with two attached hydrogens (primary N) is 1. The first-order valence-electron chi connectivity index (χ1n) is 7.98. The number of amides is 1. The van der Waals surface area contributed by atoms with Crippen LogP contribution < -0.4 is 10.5 Å². The maximum atomic E-state index is 12.6. The highest BCUT2D eigenvalue weighted by molar-refractivity contribution is 5.75. The third kappa shape index (κ3) is 4.07. The van der Waals surface area contributed by atoms with E-state index in [0.29, 0.717) is 11.4 Å². The molecule has 6 nitrogen and oxygen atoms in total. The quantitative estimate of drug-likeness (QED) is 0.871. The second-order valence-electron chi connectivity index (χ2n) is 7.20. The number of nitrogens with zero attached hydrogens (tertiary/aromatic N) is 3. The predicted molar refractivity (Wildman–Crippen MR) is 95.8 cm³/mol. The Kier molecular flexibility index (Phi) is 4.87.